The summed E-state index contributed by atoms with van der Waals surface area (Å²) in [6.45, 7) is 6.26. The lowest BCUT2D eigenvalue weighted by Crippen LogP contribution is -2.16. The highest BCUT2D eigenvalue weighted by Gasteiger charge is 2.33. The number of amides is 1. The third kappa shape index (κ3) is 4.73. The van der Waals surface area contributed by atoms with Gasteiger partial charge >= 0.3 is 6.18 Å². The van der Waals surface area contributed by atoms with Crippen molar-refractivity contribution < 1.29 is 18.0 Å². The molecule has 6 nitrogen and oxygen atoms in total. The van der Waals surface area contributed by atoms with E-state index in [1.807, 2.05) is 18.5 Å². The van der Waals surface area contributed by atoms with Gasteiger partial charge in [-0.2, -0.15) is 18.3 Å². The van der Waals surface area contributed by atoms with E-state index in [9.17, 15) is 18.0 Å². The number of hydrogen-bond donors (Lipinski definition) is 1. The molecule has 176 valence electrons. The fraction of sp³-hybridized carbons (Fsp3) is 0.240. The summed E-state index contributed by atoms with van der Waals surface area (Å²) in [5.41, 5.74) is 5.48. The molecule has 34 heavy (non-hydrogen) atoms. The molecule has 2 aromatic carbocycles. The van der Waals surface area contributed by atoms with Crippen LogP contribution in [-0.2, 0) is 19.8 Å². The molecule has 0 saturated carbocycles. The monoisotopic (exact) mass is 467 g/mol. The summed E-state index contributed by atoms with van der Waals surface area (Å²) >= 11 is 0. The average molecular weight is 467 g/mol. The Bertz CT molecular complexity index is 1370. The summed E-state index contributed by atoms with van der Waals surface area (Å²) in [5, 5.41) is 6.38. The van der Waals surface area contributed by atoms with Crippen LogP contribution >= 0.6 is 0 Å². The molecule has 0 radical (unpaired) electrons. The quantitative estimate of drug-likeness (QED) is 0.420. The SMILES string of the molecule is Cc1cc(C)c(-c2cnc(NC(=O)c3cccc(Cn4ccc(C(F)(F)F)n4)c3)n2C)cc1C. The molecule has 0 aliphatic rings. The summed E-state index contributed by atoms with van der Waals surface area (Å²) in [7, 11) is 1.83. The first-order valence-corrected chi connectivity index (χ1v) is 10.6. The Morgan fingerprint density at radius 1 is 1.03 bits per heavy atom. The molecule has 0 unspecified atom stereocenters. The van der Waals surface area contributed by atoms with Gasteiger partial charge in [-0.05, 0) is 67.3 Å². The number of carbonyl (C=O) groups excluding carboxylic acids is 1. The number of carbonyl (C=O) groups is 1. The molecular formula is C25H24F3N5O. The molecule has 0 spiro atoms. The van der Waals surface area contributed by atoms with Crippen LogP contribution in [0.5, 0.6) is 0 Å². The second-order valence-electron chi connectivity index (χ2n) is 8.33. The number of hydrogen-bond acceptors (Lipinski definition) is 3. The van der Waals surface area contributed by atoms with Gasteiger partial charge in [0.05, 0.1) is 18.4 Å². The summed E-state index contributed by atoms with van der Waals surface area (Å²) in [5.74, 6) is 0.0280. The third-order valence-electron chi connectivity index (χ3n) is 5.80. The molecule has 4 aromatic rings. The number of aromatic nitrogens is 4. The Morgan fingerprint density at radius 3 is 2.47 bits per heavy atom. The molecule has 0 bridgehead atoms. The lowest BCUT2D eigenvalue weighted by molar-refractivity contribution is -0.141. The number of nitrogens with one attached hydrogen (secondary N) is 1. The van der Waals surface area contributed by atoms with E-state index in [-0.39, 0.29) is 12.5 Å². The Balaban J connectivity index is 1.52. The lowest BCUT2D eigenvalue weighted by atomic mass is 9.99. The number of halogens is 3. The fourth-order valence-electron chi connectivity index (χ4n) is 3.79. The highest BCUT2D eigenvalue weighted by atomic mass is 19.4. The van der Waals surface area contributed by atoms with Gasteiger partial charge in [0.2, 0.25) is 5.95 Å². The van der Waals surface area contributed by atoms with Crippen LogP contribution in [0, 0.1) is 20.8 Å². The van der Waals surface area contributed by atoms with Gasteiger partial charge in [0.15, 0.2) is 5.69 Å². The van der Waals surface area contributed by atoms with Crippen molar-refractivity contribution in [1.29, 1.82) is 0 Å². The minimum atomic E-state index is -4.50. The third-order valence-corrected chi connectivity index (χ3v) is 5.80. The molecular weight excluding hydrogens is 443 g/mol. The normalized spacial score (nSPS) is 11.6. The van der Waals surface area contributed by atoms with Crippen molar-refractivity contribution in [3.8, 4) is 11.3 Å². The van der Waals surface area contributed by atoms with E-state index < -0.39 is 11.9 Å². The summed E-state index contributed by atoms with van der Waals surface area (Å²) < 4.78 is 41.4. The van der Waals surface area contributed by atoms with Gasteiger partial charge in [0.25, 0.3) is 5.91 Å². The maximum absolute atomic E-state index is 12.9. The van der Waals surface area contributed by atoms with Crippen LogP contribution in [0.2, 0.25) is 0 Å². The van der Waals surface area contributed by atoms with E-state index in [2.05, 4.69) is 41.4 Å². The topological polar surface area (TPSA) is 64.7 Å². The summed E-state index contributed by atoms with van der Waals surface area (Å²) in [4.78, 5) is 17.3. The zero-order valence-corrected chi connectivity index (χ0v) is 19.2. The first-order valence-electron chi connectivity index (χ1n) is 10.6. The van der Waals surface area contributed by atoms with Crippen molar-refractivity contribution in [3.05, 3.63) is 88.4 Å². The van der Waals surface area contributed by atoms with Crippen LogP contribution in [0.4, 0.5) is 19.1 Å². The minimum absolute atomic E-state index is 0.107. The molecule has 1 amide bonds. The van der Waals surface area contributed by atoms with Gasteiger partial charge in [-0.15, -0.1) is 0 Å². The molecule has 0 saturated heterocycles. The van der Waals surface area contributed by atoms with Crippen LogP contribution in [0.3, 0.4) is 0 Å². The van der Waals surface area contributed by atoms with Crippen molar-refractivity contribution >= 4 is 11.9 Å². The molecule has 0 fully saturated rings. The van der Waals surface area contributed by atoms with Gasteiger partial charge < -0.3 is 4.57 Å². The first kappa shape index (κ1) is 23.3. The Kier molecular flexibility index (Phi) is 6.03. The van der Waals surface area contributed by atoms with Crippen molar-refractivity contribution in [2.24, 2.45) is 7.05 Å². The highest BCUT2D eigenvalue weighted by molar-refractivity contribution is 6.03. The van der Waals surface area contributed by atoms with Gasteiger partial charge in [-0.25, -0.2) is 4.98 Å². The predicted molar refractivity (Wildman–Crippen MR) is 124 cm³/mol. The van der Waals surface area contributed by atoms with Crippen molar-refractivity contribution in [1.82, 2.24) is 19.3 Å². The molecule has 1 N–H and O–H groups in total. The number of imidazole rings is 1. The van der Waals surface area contributed by atoms with Crippen LogP contribution in [0.1, 0.15) is 38.3 Å². The Morgan fingerprint density at radius 2 is 1.76 bits per heavy atom. The summed E-state index contributed by atoms with van der Waals surface area (Å²) in [6, 6.07) is 11.8. The molecule has 4 rings (SSSR count). The highest BCUT2D eigenvalue weighted by Crippen LogP contribution is 2.29. The average Bonchev–Trinajstić information content (AvgIpc) is 3.38. The van der Waals surface area contributed by atoms with Gasteiger partial charge in [0, 0.05) is 24.4 Å². The number of aryl methyl sites for hydroxylation is 3. The number of anilines is 1. The number of rotatable bonds is 5. The Hall–Kier alpha value is -3.88. The largest absolute Gasteiger partial charge is 0.435 e. The van der Waals surface area contributed by atoms with Crippen LogP contribution in [0.15, 0.2) is 54.9 Å². The van der Waals surface area contributed by atoms with E-state index in [0.717, 1.165) is 22.9 Å². The van der Waals surface area contributed by atoms with Crippen LogP contribution in [0.25, 0.3) is 11.3 Å². The maximum atomic E-state index is 12.9. The van der Waals surface area contributed by atoms with Crippen LogP contribution < -0.4 is 5.32 Å². The predicted octanol–water partition coefficient (Wildman–Crippen LogP) is 5.53. The van der Waals surface area contributed by atoms with E-state index in [0.29, 0.717) is 17.1 Å². The van der Waals surface area contributed by atoms with E-state index in [1.165, 1.54) is 22.0 Å². The van der Waals surface area contributed by atoms with Gasteiger partial charge in [-0.1, -0.05) is 18.2 Å². The van der Waals surface area contributed by atoms with Crippen molar-refractivity contribution in [3.63, 3.8) is 0 Å². The smallest absolute Gasteiger partial charge is 0.313 e. The molecule has 0 atom stereocenters. The van der Waals surface area contributed by atoms with Crippen LogP contribution in [-0.4, -0.2) is 25.2 Å². The second kappa shape index (κ2) is 8.81. The standard InChI is InChI=1S/C25H24F3N5O/c1-15-10-17(3)20(11-16(15)2)21-13-29-24(32(21)4)30-23(34)19-7-5-6-18(12-19)14-33-9-8-22(31-33)25(26,27)28/h5-13H,14H2,1-4H3,(H,29,30,34). The summed E-state index contributed by atoms with van der Waals surface area (Å²) in [6.07, 6.45) is -1.51. The fourth-order valence-corrected chi connectivity index (χ4v) is 3.79. The molecule has 2 aromatic heterocycles. The van der Waals surface area contributed by atoms with Crippen molar-refractivity contribution in [2.75, 3.05) is 5.32 Å². The van der Waals surface area contributed by atoms with E-state index >= 15 is 0 Å². The van der Waals surface area contributed by atoms with Gasteiger partial charge in [0.1, 0.15) is 0 Å². The number of alkyl halides is 3. The number of benzene rings is 2. The molecule has 2 heterocycles. The lowest BCUT2D eigenvalue weighted by Gasteiger charge is -2.12. The van der Waals surface area contributed by atoms with E-state index in [1.54, 1.807) is 30.5 Å². The minimum Gasteiger partial charge on any atom is -0.313 e. The zero-order valence-electron chi connectivity index (χ0n) is 19.2. The Labute approximate surface area is 195 Å². The number of nitrogens with zero attached hydrogens (tertiary/aromatic N) is 4. The first-order chi connectivity index (χ1) is 16.0. The van der Waals surface area contributed by atoms with Crippen molar-refractivity contribution in [2.45, 2.75) is 33.5 Å². The molecule has 0 aliphatic carbocycles. The van der Waals surface area contributed by atoms with E-state index in [4.69, 9.17) is 0 Å². The molecule has 0 aliphatic heterocycles. The van der Waals surface area contributed by atoms with Gasteiger partial charge in [-0.3, -0.25) is 14.8 Å². The zero-order chi connectivity index (χ0) is 24.6. The maximum Gasteiger partial charge on any atom is 0.435 e. The second-order valence-corrected chi connectivity index (χ2v) is 8.33. The molecule has 9 heteroatoms.